The molecule has 0 fully saturated rings. The molecule has 2 aromatic rings. The van der Waals surface area contributed by atoms with Gasteiger partial charge in [-0.1, -0.05) is 6.07 Å². The lowest BCUT2D eigenvalue weighted by Crippen LogP contribution is -2.01. The highest BCUT2D eigenvalue weighted by atomic mass is 19.1. The molecule has 0 aliphatic heterocycles. The molecular formula is C12H9F3N2. The van der Waals surface area contributed by atoms with Gasteiger partial charge in [0.25, 0.3) is 0 Å². The number of nitrogens with two attached hydrogens (primary N) is 1. The van der Waals surface area contributed by atoms with Crippen molar-refractivity contribution in [3.8, 4) is 0 Å². The van der Waals surface area contributed by atoms with E-state index in [2.05, 4.69) is 5.32 Å². The molecule has 2 aromatic carbocycles. The lowest BCUT2D eigenvalue weighted by atomic mass is 10.2. The maximum Gasteiger partial charge on any atom is 0.149 e. The summed E-state index contributed by atoms with van der Waals surface area (Å²) in [4.78, 5) is 0. The summed E-state index contributed by atoms with van der Waals surface area (Å²) < 4.78 is 39.6. The van der Waals surface area contributed by atoms with Crippen molar-refractivity contribution in [2.45, 2.75) is 0 Å². The summed E-state index contributed by atoms with van der Waals surface area (Å²) in [5.41, 5.74) is 5.53. The number of hydrogen-bond acceptors (Lipinski definition) is 2. The summed E-state index contributed by atoms with van der Waals surface area (Å²) in [5.74, 6) is -2.08. The van der Waals surface area contributed by atoms with Gasteiger partial charge < -0.3 is 11.1 Å². The summed E-state index contributed by atoms with van der Waals surface area (Å²) >= 11 is 0. The van der Waals surface area contributed by atoms with Crippen LogP contribution in [0.2, 0.25) is 0 Å². The summed E-state index contributed by atoms with van der Waals surface area (Å²) in [7, 11) is 0. The van der Waals surface area contributed by atoms with Gasteiger partial charge in [0, 0.05) is 0 Å². The number of rotatable bonds is 2. The molecule has 0 saturated carbocycles. The molecule has 0 heterocycles. The quantitative estimate of drug-likeness (QED) is 0.786. The Morgan fingerprint density at radius 3 is 2.24 bits per heavy atom. The monoisotopic (exact) mass is 238 g/mol. The van der Waals surface area contributed by atoms with Gasteiger partial charge in [-0.05, 0) is 30.3 Å². The van der Waals surface area contributed by atoms with E-state index in [-0.39, 0.29) is 17.1 Å². The van der Waals surface area contributed by atoms with Gasteiger partial charge in [-0.15, -0.1) is 0 Å². The van der Waals surface area contributed by atoms with Crippen molar-refractivity contribution < 1.29 is 13.2 Å². The van der Waals surface area contributed by atoms with Gasteiger partial charge in [0.05, 0.1) is 11.4 Å². The van der Waals surface area contributed by atoms with Crippen LogP contribution in [0.4, 0.5) is 30.2 Å². The standard InChI is InChI=1S/C12H9F3N2/c13-7-4-5-10(16)11(6-7)17-12-8(14)2-1-3-9(12)15/h1-6,17H,16H2. The smallest absolute Gasteiger partial charge is 0.149 e. The third kappa shape index (κ3) is 2.33. The minimum absolute atomic E-state index is 0.119. The molecule has 0 bridgehead atoms. The third-order valence-corrected chi connectivity index (χ3v) is 2.24. The molecule has 0 aliphatic carbocycles. The second kappa shape index (κ2) is 4.37. The Hall–Kier alpha value is -2.17. The van der Waals surface area contributed by atoms with E-state index in [1.54, 1.807) is 0 Å². The first-order valence-electron chi connectivity index (χ1n) is 4.84. The Balaban J connectivity index is 2.41. The number of hydrogen-bond donors (Lipinski definition) is 2. The molecule has 0 spiro atoms. The van der Waals surface area contributed by atoms with Crippen molar-refractivity contribution in [1.29, 1.82) is 0 Å². The number of halogens is 3. The molecule has 0 saturated heterocycles. The van der Waals surface area contributed by atoms with Gasteiger partial charge in [0.1, 0.15) is 23.1 Å². The van der Waals surface area contributed by atoms with Crippen LogP contribution >= 0.6 is 0 Å². The molecule has 0 radical (unpaired) electrons. The Labute approximate surface area is 95.9 Å². The van der Waals surface area contributed by atoms with Gasteiger partial charge >= 0.3 is 0 Å². The van der Waals surface area contributed by atoms with E-state index in [0.29, 0.717) is 0 Å². The summed E-state index contributed by atoms with van der Waals surface area (Å²) in [5, 5.41) is 2.43. The van der Waals surface area contributed by atoms with E-state index in [4.69, 9.17) is 5.73 Å². The fraction of sp³-hybridized carbons (Fsp3) is 0. The number of nitrogen functional groups attached to an aromatic ring is 1. The second-order valence-electron chi connectivity index (χ2n) is 3.45. The van der Waals surface area contributed by atoms with Gasteiger partial charge in [0.2, 0.25) is 0 Å². The van der Waals surface area contributed by atoms with Gasteiger partial charge in [-0.3, -0.25) is 0 Å². The van der Waals surface area contributed by atoms with Gasteiger partial charge in [-0.2, -0.15) is 0 Å². The maximum absolute atomic E-state index is 13.3. The van der Waals surface area contributed by atoms with Crippen molar-refractivity contribution in [2.75, 3.05) is 11.1 Å². The Kier molecular flexibility index (Phi) is 2.91. The second-order valence-corrected chi connectivity index (χ2v) is 3.45. The van der Waals surface area contributed by atoms with Crippen LogP contribution in [-0.2, 0) is 0 Å². The summed E-state index contributed by atoms with van der Waals surface area (Å²) in [6.45, 7) is 0. The minimum Gasteiger partial charge on any atom is -0.397 e. The number of benzene rings is 2. The zero-order valence-corrected chi connectivity index (χ0v) is 8.68. The van der Waals surface area contributed by atoms with Crippen LogP contribution in [0.25, 0.3) is 0 Å². The Morgan fingerprint density at radius 1 is 0.941 bits per heavy atom. The average Bonchev–Trinajstić information content (AvgIpc) is 2.28. The largest absolute Gasteiger partial charge is 0.397 e. The van der Waals surface area contributed by atoms with Crippen LogP contribution in [-0.4, -0.2) is 0 Å². The fourth-order valence-electron chi connectivity index (χ4n) is 1.39. The van der Waals surface area contributed by atoms with Crippen LogP contribution in [0.1, 0.15) is 0 Å². The summed E-state index contributed by atoms with van der Waals surface area (Å²) in [6.07, 6.45) is 0. The molecule has 2 nitrogen and oxygen atoms in total. The summed E-state index contributed by atoms with van der Waals surface area (Å²) in [6, 6.07) is 6.99. The average molecular weight is 238 g/mol. The van der Waals surface area contributed by atoms with Crippen molar-refractivity contribution in [3.63, 3.8) is 0 Å². The van der Waals surface area contributed by atoms with E-state index >= 15 is 0 Å². The third-order valence-electron chi connectivity index (χ3n) is 2.24. The molecule has 3 N–H and O–H groups in total. The SMILES string of the molecule is Nc1ccc(F)cc1Nc1c(F)cccc1F. The predicted molar refractivity (Wildman–Crippen MR) is 60.5 cm³/mol. The van der Waals surface area contributed by atoms with Crippen LogP contribution in [0.15, 0.2) is 36.4 Å². The molecule has 0 unspecified atom stereocenters. The van der Waals surface area contributed by atoms with E-state index < -0.39 is 17.5 Å². The Bertz CT molecular complexity index is 535. The van der Waals surface area contributed by atoms with E-state index in [1.165, 1.54) is 12.1 Å². The zero-order valence-electron chi connectivity index (χ0n) is 8.68. The minimum atomic E-state index is -0.770. The van der Waals surface area contributed by atoms with E-state index in [0.717, 1.165) is 24.3 Å². The highest BCUT2D eigenvalue weighted by Gasteiger charge is 2.10. The van der Waals surface area contributed by atoms with Crippen molar-refractivity contribution in [2.24, 2.45) is 0 Å². The highest BCUT2D eigenvalue weighted by molar-refractivity contribution is 5.72. The first-order valence-corrected chi connectivity index (χ1v) is 4.84. The molecule has 0 aromatic heterocycles. The molecule has 5 heteroatoms. The molecule has 0 amide bonds. The van der Waals surface area contributed by atoms with Gasteiger partial charge in [-0.25, -0.2) is 13.2 Å². The van der Waals surface area contributed by atoms with Crippen LogP contribution in [0.3, 0.4) is 0 Å². The van der Waals surface area contributed by atoms with E-state index in [1.807, 2.05) is 0 Å². The lowest BCUT2D eigenvalue weighted by Gasteiger charge is -2.10. The van der Waals surface area contributed by atoms with Crippen LogP contribution in [0, 0.1) is 17.5 Å². The highest BCUT2D eigenvalue weighted by Crippen LogP contribution is 2.27. The first kappa shape index (κ1) is 11.3. The topological polar surface area (TPSA) is 38.0 Å². The van der Waals surface area contributed by atoms with Crippen molar-refractivity contribution in [3.05, 3.63) is 53.8 Å². The zero-order chi connectivity index (χ0) is 12.4. The maximum atomic E-state index is 13.3. The molecule has 2 rings (SSSR count). The van der Waals surface area contributed by atoms with Crippen molar-refractivity contribution >= 4 is 17.1 Å². The molecule has 0 atom stereocenters. The molecular weight excluding hydrogens is 229 g/mol. The molecule has 17 heavy (non-hydrogen) atoms. The number of para-hydroxylation sites is 1. The molecule has 88 valence electrons. The predicted octanol–water partition coefficient (Wildman–Crippen LogP) is 3.43. The van der Waals surface area contributed by atoms with Crippen LogP contribution < -0.4 is 11.1 Å². The first-order chi connectivity index (χ1) is 8.08. The Morgan fingerprint density at radius 2 is 1.59 bits per heavy atom. The molecule has 0 aliphatic rings. The number of nitrogens with one attached hydrogen (secondary N) is 1. The fourth-order valence-corrected chi connectivity index (χ4v) is 1.39. The van der Waals surface area contributed by atoms with E-state index in [9.17, 15) is 13.2 Å². The number of anilines is 3. The van der Waals surface area contributed by atoms with Gasteiger partial charge in [0.15, 0.2) is 0 Å². The van der Waals surface area contributed by atoms with Crippen LogP contribution in [0.5, 0.6) is 0 Å². The normalized spacial score (nSPS) is 10.3. The van der Waals surface area contributed by atoms with Crippen molar-refractivity contribution in [1.82, 2.24) is 0 Å². The lowest BCUT2D eigenvalue weighted by molar-refractivity contribution is 0.590.